The lowest BCUT2D eigenvalue weighted by Crippen LogP contribution is -2.33. The number of likely N-dealkylation sites (tertiary alicyclic amines) is 1. The summed E-state index contributed by atoms with van der Waals surface area (Å²) in [4.78, 5) is 37.4. The van der Waals surface area contributed by atoms with Crippen molar-refractivity contribution in [1.29, 1.82) is 0 Å². The predicted molar refractivity (Wildman–Crippen MR) is 96.1 cm³/mol. The van der Waals surface area contributed by atoms with Gasteiger partial charge in [-0.1, -0.05) is 0 Å². The van der Waals surface area contributed by atoms with E-state index >= 15 is 0 Å². The summed E-state index contributed by atoms with van der Waals surface area (Å²) in [6, 6.07) is 0. The van der Waals surface area contributed by atoms with Crippen molar-refractivity contribution in [2.24, 2.45) is 17.8 Å². The molecule has 1 amide bonds. The number of carbonyl (C=O) groups excluding carboxylic acids is 1. The molecule has 2 atom stereocenters. The minimum atomic E-state index is -0.786. The molecule has 0 aromatic carbocycles. The molecule has 2 aliphatic heterocycles. The fraction of sp³-hybridized carbons (Fsp3) is 0.684. The SMILES string of the molecule is Cc1nc(N2CCCCC2)ncc1C(=O)N1C[C@@H](C(=O)O)[C@H](C2CC2)C1. The van der Waals surface area contributed by atoms with Gasteiger partial charge in [-0.15, -0.1) is 0 Å². The zero-order valence-corrected chi connectivity index (χ0v) is 15.2. The zero-order chi connectivity index (χ0) is 18.3. The Morgan fingerprint density at radius 1 is 1.15 bits per heavy atom. The third-order valence-corrected chi connectivity index (χ3v) is 6.03. The third-order valence-electron chi connectivity index (χ3n) is 6.03. The second-order valence-corrected chi connectivity index (χ2v) is 7.87. The van der Waals surface area contributed by atoms with Crippen molar-refractivity contribution < 1.29 is 14.7 Å². The van der Waals surface area contributed by atoms with E-state index in [1.807, 2.05) is 6.92 Å². The number of carboxylic acid groups (broad SMARTS) is 1. The fourth-order valence-electron chi connectivity index (χ4n) is 4.34. The molecule has 4 rings (SSSR count). The summed E-state index contributed by atoms with van der Waals surface area (Å²) in [6.07, 6.45) is 7.33. The number of hydrogen-bond acceptors (Lipinski definition) is 5. The third kappa shape index (κ3) is 3.27. The molecule has 1 saturated carbocycles. The largest absolute Gasteiger partial charge is 0.481 e. The van der Waals surface area contributed by atoms with Crippen molar-refractivity contribution in [2.75, 3.05) is 31.1 Å². The van der Waals surface area contributed by atoms with Gasteiger partial charge >= 0.3 is 5.97 Å². The Hall–Kier alpha value is -2.18. The minimum absolute atomic E-state index is 0.0882. The Morgan fingerprint density at radius 3 is 2.50 bits per heavy atom. The first kappa shape index (κ1) is 17.2. The molecule has 3 fully saturated rings. The fourth-order valence-corrected chi connectivity index (χ4v) is 4.34. The second-order valence-electron chi connectivity index (χ2n) is 7.87. The number of hydrogen-bond donors (Lipinski definition) is 1. The van der Waals surface area contributed by atoms with Gasteiger partial charge < -0.3 is 14.9 Å². The molecule has 7 heteroatoms. The summed E-state index contributed by atoms with van der Waals surface area (Å²) in [5, 5.41) is 9.50. The molecule has 1 aromatic heterocycles. The van der Waals surface area contributed by atoms with Gasteiger partial charge in [0.1, 0.15) is 0 Å². The first-order valence-electron chi connectivity index (χ1n) is 9.65. The summed E-state index contributed by atoms with van der Waals surface area (Å²) >= 11 is 0. The van der Waals surface area contributed by atoms with Crippen LogP contribution in [0.25, 0.3) is 0 Å². The number of carbonyl (C=O) groups is 2. The van der Waals surface area contributed by atoms with Crippen LogP contribution in [-0.2, 0) is 4.79 Å². The van der Waals surface area contributed by atoms with E-state index < -0.39 is 11.9 Å². The number of aromatic nitrogens is 2. The topological polar surface area (TPSA) is 86.6 Å². The molecule has 7 nitrogen and oxygen atoms in total. The average molecular weight is 358 g/mol. The number of aliphatic carboxylic acids is 1. The number of carboxylic acids is 1. The smallest absolute Gasteiger partial charge is 0.308 e. The lowest BCUT2D eigenvalue weighted by molar-refractivity contribution is -0.142. The number of nitrogens with zero attached hydrogens (tertiary/aromatic N) is 4. The highest BCUT2D eigenvalue weighted by molar-refractivity contribution is 5.95. The first-order valence-corrected chi connectivity index (χ1v) is 9.65. The van der Waals surface area contributed by atoms with E-state index in [4.69, 9.17) is 0 Å². The molecule has 26 heavy (non-hydrogen) atoms. The van der Waals surface area contributed by atoms with Gasteiger partial charge in [-0.2, -0.15) is 0 Å². The summed E-state index contributed by atoms with van der Waals surface area (Å²) in [5.74, 6) is -0.120. The normalized spacial score (nSPS) is 26.2. The molecule has 140 valence electrons. The van der Waals surface area contributed by atoms with Gasteiger partial charge in [0.05, 0.1) is 17.2 Å². The van der Waals surface area contributed by atoms with E-state index in [-0.39, 0.29) is 11.8 Å². The quantitative estimate of drug-likeness (QED) is 0.885. The first-order chi connectivity index (χ1) is 12.5. The van der Waals surface area contributed by atoms with Crippen LogP contribution in [0.15, 0.2) is 6.20 Å². The van der Waals surface area contributed by atoms with Gasteiger partial charge in [-0.05, 0) is 50.9 Å². The highest BCUT2D eigenvalue weighted by Gasteiger charge is 2.47. The maximum atomic E-state index is 13.0. The maximum absolute atomic E-state index is 13.0. The van der Waals surface area contributed by atoms with Gasteiger partial charge in [0.25, 0.3) is 5.91 Å². The van der Waals surface area contributed by atoms with Gasteiger partial charge in [0, 0.05) is 32.4 Å². The molecule has 3 aliphatic rings. The van der Waals surface area contributed by atoms with Crippen LogP contribution in [-0.4, -0.2) is 58.0 Å². The molecular weight excluding hydrogens is 332 g/mol. The number of anilines is 1. The predicted octanol–water partition coefficient (Wildman–Crippen LogP) is 1.96. The summed E-state index contributed by atoms with van der Waals surface area (Å²) in [5.41, 5.74) is 1.17. The van der Waals surface area contributed by atoms with E-state index in [1.165, 1.54) is 6.42 Å². The molecule has 1 aromatic rings. The van der Waals surface area contributed by atoms with Crippen molar-refractivity contribution >= 4 is 17.8 Å². The van der Waals surface area contributed by atoms with E-state index in [0.717, 1.165) is 38.8 Å². The summed E-state index contributed by atoms with van der Waals surface area (Å²) in [6.45, 7) is 4.59. The Bertz CT molecular complexity index is 713. The van der Waals surface area contributed by atoms with E-state index in [0.29, 0.717) is 36.2 Å². The van der Waals surface area contributed by atoms with Gasteiger partial charge in [0.2, 0.25) is 5.95 Å². The number of aryl methyl sites for hydroxylation is 1. The molecule has 1 aliphatic carbocycles. The van der Waals surface area contributed by atoms with Crippen LogP contribution in [0.1, 0.15) is 48.2 Å². The molecule has 0 bridgehead atoms. The lowest BCUT2D eigenvalue weighted by atomic mass is 9.92. The van der Waals surface area contributed by atoms with Crippen LogP contribution >= 0.6 is 0 Å². The van der Waals surface area contributed by atoms with Crippen LogP contribution < -0.4 is 4.90 Å². The van der Waals surface area contributed by atoms with Crippen LogP contribution in [0, 0.1) is 24.7 Å². The number of piperidine rings is 1. The molecule has 0 unspecified atom stereocenters. The van der Waals surface area contributed by atoms with Crippen LogP contribution in [0.5, 0.6) is 0 Å². The van der Waals surface area contributed by atoms with Crippen molar-refractivity contribution in [3.05, 3.63) is 17.5 Å². The molecule has 1 N–H and O–H groups in total. The van der Waals surface area contributed by atoms with Gasteiger partial charge in [0.15, 0.2) is 0 Å². The number of rotatable bonds is 4. The Morgan fingerprint density at radius 2 is 1.88 bits per heavy atom. The van der Waals surface area contributed by atoms with Crippen LogP contribution in [0.4, 0.5) is 5.95 Å². The summed E-state index contributed by atoms with van der Waals surface area (Å²) in [7, 11) is 0. The zero-order valence-electron chi connectivity index (χ0n) is 15.2. The van der Waals surface area contributed by atoms with Crippen LogP contribution in [0.3, 0.4) is 0 Å². The minimum Gasteiger partial charge on any atom is -0.481 e. The van der Waals surface area contributed by atoms with Gasteiger partial charge in [-0.3, -0.25) is 9.59 Å². The molecule has 0 spiro atoms. The second kappa shape index (κ2) is 6.85. The Kier molecular flexibility index (Phi) is 4.54. The van der Waals surface area contributed by atoms with E-state index in [2.05, 4.69) is 14.9 Å². The van der Waals surface area contributed by atoms with Crippen molar-refractivity contribution in [3.63, 3.8) is 0 Å². The van der Waals surface area contributed by atoms with Crippen LogP contribution in [0.2, 0.25) is 0 Å². The lowest BCUT2D eigenvalue weighted by Gasteiger charge is -2.27. The average Bonchev–Trinajstić information content (AvgIpc) is 3.39. The molecule has 2 saturated heterocycles. The maximum Gasteiger partial charge on any atom is 0.308 e. The summed E-state index contributed by atoms with van der Waals surface area (Å²) < 4.78 is 0. The number of amides is 1. The Balaban J connectivity index is 1.50. The van der Waals surface area contributed by atoms with E-state index in [1.54, 1.807) is 11.1 Å². The molecule has 3 heterocycles. The van der Waals surface area contributed by atoms with Crippen molar-refractivity contribution in [2.45, 2.75) is 39.0 Å². The van der Waals surface area contributed by atoms with Gasteiger partial charge in [-0.25, -0.2) is 9.97 Å². The molecular formula is C19H26N4O3. The molecule has 0 radical (unpaired) electrons. The van der Waals surface area contributed by atoms with E-state index in [9.17, 15) is 14.7 Å². The highest BCUT2D eigenvalue weighted by atomic mass is 16.4. The van der Waals surface area contributed by atoms with Crippen molar-refractivity contribution in [3.8, 4) is 0 Å². The highest BCUT2D eigenvalue weighted by Crippen LogP contribution is 2.44. The Labute approximate surface area is 153 Å². The monoisotopic (exact) mass is 358 g/mol. The van der Waals surface area contributed by atoms with Crippen molar-refractivity contribution in [1.82, 2.24) is 14.9 Å². The standard InChI is InChI=1S/C19H26N4O3/c1-12-14(9-20-19(21-12)22-7-3-2-4-8-22)17(24)23-10-15(13-5-6-13)16(11-23)18(25)26/h9,13,15-16H,2-8,10-11H2,1H3,(H,25,26)/t15-,16+/m0/s1.